The van der Waals surface area contributed by atoms with Gasteiger partial charge in [0.1, 0.15) is 0 Å². The number of carbonyl (C=O) groups excluding carboxylic acids is 1. The van der Waals surface area contributed by atoms with Gasteiger partial charge in [0.2, 0.25) is 10.0 Å². The fraction of sp³-hybridized carbons (Fsp3) is 0.529. The Morgan fingerprint density at radius 2 is 1.88 bits per heavy atom. The normalized spacial score (nSPS) is 20.9. The highest BCUT2D eigenvalue weighted by Crippen LogP contribution is 2.38. The molecule has 8 heteroatoms. The number of hydrogen-bond donors (Lipinski definition) is 2. The van der Waals surface area contributed by atoms with E-state index in [1.165, 1.54) is 29.2 Å². The van der Waals surface area contributed by atoms with Crippen molar-refractivity contribution in [3.63, 3.8) is 0 Å². The monoisotopic (exact) mass is 368 g/mol. The second kappa shape index (κ2) is 7.13. The molecule has 138 valence electrons. The molecule has 2 rings (SSSR count). The van der Waals surface area contributed by atoms with Gasteiger partial charge in [0.25, 0.3) is 5.91 Å². The number of benzene rings is 1. The molecule has 0 spiro atoms. The maximum atomic E-state index is 12.6. The van der Waals surface area contributed by atoms with Crippen LogP contribution in [0.15, 0.2) is 29.2 Å². The first-order valence-electron chi connectivity index (χ1n) is 8.26. The van der Waals surface area contributed by atoms with E-state index in [1.54, 1.807) is 6.92 Å². The summed E-state index contributed by atoms with van der Waals surface area (Å²) in [6, 6.07) is 5.69. The van der Waals surface area contributed by atoms with Crippen LogP contribution in [0, 0.1) is 11.3 Å². The highest BCUT2D eigenvalue weighted by molar-refractivity contribution is 7.89. The van der Waals surface area contributed by atoms with Crippen LogP contribution >= 0.6 is 0 Å². The van der Waals surface area contributed by atoms with Gasteiger partial charge in [-0.3, -0.25) is 9.59 Å². The van der Waals surface area contributed by atoms with Crippen molar-refractivity contribution in [3.8, 4) is 0 Å². The smallest absolute Gasteiger partial charge is 0.311 e. The average Bonchev–Trinajstić information content (AvgIpc) is 3.01. The van der Waals surface area contributed by atoms with E-state index < -0.39 is 21.4 Å². The lowest BCUT2D eigenvalue weighted by Crippen LogP contribution is -2.40. The first kappa shape index (κ1) is 19.4. The third kappa shape index (κ3) is 3.69. The largest absolute Gasteiger partial charge is 0.481 e. The van der Waals surface area contributed by atoms with Crippen molar-refractivity contribution in [1.29, 1.82) is 0 Å². The van der Waals surface area contributed by atoms with Crippen LogP contribution in [0.25, 0.3) is 0 Å². The van der Waals surface area contributed by atoms with Crippen LogP contribution in [0.3, 0.4) is 0 Å². The number of carboxylic acid groups (broad SMARTS) is 1. The minimum atomic E-state index is -3.57. The Kier molecular flexibility index (Phi) is 5.53. The van der Waals surface area contributed by atoms with E-state index >= 15 is 0 Å². The zero-order valence-electron chi connectivity index (χ0n) is 14.7. The van der Waals surface area contributed by atoms with Crippen molar-refractivity contribution in [1.82, 2.24) is 9.62 Å². The third-order valence-electron chi connectivity index (χ3n) is 4.87. The quantitative estimate of drug-likeness (QED) is 0.793. The number of carboxylic acids is 1. The number of nitrogens with zero attached hydrogens (tertiary/aromatic N) is 1. The minimum absolute atomic E-state index is 0.0876. The first-order chi connectivity index (χ1) is 11.6. The molecule has 0 aromatic heterocycles. The van der Waals surface area contributed by atoms with Crippen LogP contribution in [-0.4, -0.2) is 49.9 Å². The molecule has 1 aromatic carbocycles. The van der Waals surface area contributed by atoms with E-state index in [9.17, 15) is 23.1 Å². The number of nitrogens with one attached hydrogen (secondary N) is 1. The molecule has 1 aliphatic heterocycles. The Morgan fingerprint density at radius 3 is 2.32 bits per heavy atom. The summed E-state index contributed by atoms with van der Waals surface area (Å²) in [5.41, 5.74) is -0.579. The standard InChI is InChI=1S/C17H24N2O5S/c1-4-18-25(23,24)14-7-5-13(6-8-14)15(20)19-10-9-17(11-19,12(2)3)16(21)22/h5-8,12,18H,4,9-11H2,1-3H3,(H,21,22). The van der Waals surface area contributed by atoms with Crippen molar-refractivity contribution in [2.24, 2.45) is 11.3 Å². The summed E-state index contributed by atoms with van der Waals surface area (Å²) in [4.78, 5) is 25.9. The Balaban J connectivity index is 2.18. The molecule has 1 aromatic rings. The van der Waals surface area contributed by atoms with Gasteiger partial charge in [-0.25, -0.2) is 13.1 Å². The zero-order valence-corrected chi connectivity index (χ0v) is 15.5. The predicted octanol–water partition coefficient (Wildman–Crippen LogP) is 1.56. The van der Waals surface area contributed by atoms with Gasteiger partial charge in [-0.1, -0.05) is 20.8 Å². The van der Waals surface area contributed by atoms with Gasteiger partial charge >= 0.3 is 5.97 Å². The lowest BCUT2D eigenvalue weighted by molar-refractivity contribution is -0.150. The Hall–Kier alpha value is -1.93. The molecule has 1 atom stereocenters. The van der Waals surface area contributed by atoms with Crippen LogP contribution in [-0.2, 0) is 14.8 Å². The summed E-state index contributed by atoms with van der Waals surface area (Å²) >= 11 is 0. The van der Waals surface area contributed by atoms with Crippen molar-refractivity contribution < 1.29 is 23.1 Å². The number of amides is 1. The molecule has 1 aliphatic rings. The lowest BCUT2D eigenvalue weighted by Gasteiger charge is -2.28. The molecule has 1 saturated heterocycles. The fourth-order valence-corrected chi connectivity index (χ4v) is 4.17. The Morgan fingerprint density at radius 1 is 1.28 bits per heavy atom. The maximum Gasteiger partial charge on any atom is 0.311 e. The Bertz CT molecular complexity index is 758. The van der Waals surface area contributed by atoms with E-state index in [0.717, 1.165) is 0 Å². The summed E-state index contributed by atoms with van der Waals surface area (Å²) in [6.07, 6.45) is 0.415. The summed E-state index contributed by atoms with van der Waals surface area (Å²) in [5.74, 6) is -1.25. The molecular weight excluding hydrogens is 344 g/mol. The second-order valence-corrected chi connectivity index (χ2v) is 8.39. The summed E-state index contributed by atoms with van der Waals surface area (Å²) in [6.45, 7) is 6.21. The number of carbonyl (C=O) groups is 2. The van der Waals surface area contributed by atoms with Crippen LogP contribution in [0.1, 0.15) is 37.6 Å². The maximum absolute atomic E-state index is 12.6. The molecule has 1 heterocycles. The summed E-state index contributed by atoms with van der Waals surface area (Å²) < 4.78 is 26.3. The molecule has 25 heavy (non-hydrogen) atoms. The molecule has 0 saturated carbocycles. The summed E-state index contributed by atoms with van der Waals surface area (Å²) in [5, 5.41) is 9.57. The van der Waals surface area contributed by atoms with E-state index in [2.05, 4.69) is 4.72 Å². The van der Waals surface area contributed by atoms with Crippen LogP contribution in [0.4, 0.5) is 0 Å². The molecule has 7 nitrogen and oxygen atoms in total. The number of hydrogen-bond acceptors (Lipinski definition) is 4. The van der Waals surface area contributed by atoms with Gasteiger partial charge in [-0.05, 0) is 36.6 Å². The van der Waals surface area contributed by atoms with Crippen molar-refractivity contribution >= 4 is 21.9 Å². The van der Waals surface area contributed by atoms with E-state index in [4.69, 9.17) is 0 Å². The van der Waals surface area contributed by atoms with Gasteiger partial charge in [0.15, 0.2) is 0 Å². The van der Waals surface area contributed by atoms with Gasteiger partial charge in [-0.15, -0.1) is 0 Å². The first-order valence-corrected chi connectivity index (χ1v) is 9.75. The van der Waals surface area contributed by atoms with Crippen LogP contribution in [0.2, 0.25) is 0 Å². The van der Waals surface area contributed by atoms with Crippen molar-refractivity contribution in [2.45, 2.75) is 32.1 Å². The van der Waals surface area contributed by atoms with Crippen LogP contribution < -0.4 is 4.72 Å². The van der Waals surface area contributed by atoms with E-state index in [1.807, 2.05) is 13.8 Å². The molecule has 0 radical (unpaired) electrons. The average molecular weight is 368 g/mol. The number of likely N-dealkylation sites (tertiary alicyclic amines) is 1. The second-order valence-electron chi connectivity index (χ2n) is 6.62. The van der Waals surface area contributed by atoms with Gasteiger partial charge < -0.3 is 10.0 Å². The third-order valence-corrected chi connectivity index (χ3v) is 6.43. The predicted molar refractivity (Wildman–Crippen MR) is 92.7 cm³/mol. The Labute approximate surface area is 148 Å². The molecule has 0 bridgehead atoms. The van der Waals surface area contributed by atoms with Crippen molar-refractivity contribution in [3.05, 3.63) is 29.8 Å². The number of rotatable bonds is 6. The lowest BCUT2D eigenvalue weighted by atomic mass is 9.76. The number of sulfonamides is 1. The fourth-order valence-electron chi connectivity index (χ4n) is 3.13. The van der Waals surface area contributed by atoms with Gasteiger partial charge in [0.05, 0.1) is 10.3 Å². The zero-order chi connectivity index (χ0) is 18.8. The topological polar surface area (TPSA) is 104 Å². The molecule has 1 unspecified atom stereocenters. The van der Waals surface area contributed by atoms with Gasteiger partial charge in [0, 0.05) is 25.2 Å². The molecule has 1 fully saturated rings. The molecule has 0 aliphatic carbocycles. The van der Waals surface area contributed by atoms with Crippen molar-refractivity contribution in [2.75, 3.05) is 19.6 Å². The SMILES string of the molecule is CCNS(=O)(=O)c1ccc(C(=O)N2CCC(C(=O)O)(C(C)C)C2)cc1. The van der Waals surface area contributed by atoms with Crippen LogP contribution in [0.5, 0.6) is 0 Å². The number of aliphatic carboxylic acids is 1. The van der Waals surface area contributed by atoms with E-state index in [-0.39, 0.29) is 29.8 Å². The molecular formula is C17H24N2O5S. The van der Waals surface area contributed by atoms with Gasteiger partial charge in [-0.2, -0.15) is 0 Å². The van der Waals surface area contributed by atoms with E-state index in [0.29, 0.717) is 18.5 Å². The molecule has 2 N–H and O–H groups in total. The molecule has 1 amide bonds. The minimum Gasteiger partial charge on any atom is -0.481 e. The highest BCUT2D eigenvalue weighted by atomic mass is 32.2. The highest BCUT2D eigenvalue weighted by Gasteiger charge is 2.48. The summed E-state index contributed by atoms with van der Waals surface area (Å²) in [7, 11) is -3.57.